The van der Waals surface area contributed by atoms with Gasteiger partial charge in [0.15, 0.2) is 5.96 Å². The van der Waals surface area contributed by atoms with E-state index >= 15 is 0 Å². The number of furan rings is 1. The van der Waals surface area contributed by atoms with Gasteiger partial charge in [0.05, 0.1) is 18.8 Å². The number of guanidine groups is 1. The van der Waals surface area contributed by atoms with Gasteiger partial charge in [-0.05, 0) is 62.3 Å². The molecule has 8 nitrogen and oxygen atoms in total. The molecule has 1 saturated heterocycles. The zero-order valence-corrected chi connectivity index (χ0v) is 20.3. The summed E-state index contributed by atoms with van der Waals surface area (Å²) < 4.78 is 11.0. The minimum atomic E-state index is 0. The Kier molecular flexibility index (Phi) is 8.73. The van der Waals surface area contributed by atoms with Crippen molar-refractivity contribution in [2.45, 2.75) is 25.4 Å². The summed E-state index contributed by atoms with van der Waals surface area (Å²) in [6.07, 6.45) is 4.16. The molecule has 1 fully saturated rings. The first-order valence-corrected chi connectivity index (χ1v) is 10.4. The summed E-state index contributed by atoms with van der Waals surface area (Å²) >= 11 is 5.93. The third kappa shape index (κ3) is 6.20. The molecule has 31 heavy (non-hydrogen) atoms. The van der Waals surface area contributed by atoms with Crippen molar-refractivity contribution in [2.24, 2.45) is 4.99 Å². The van der Waals surface area contributed by atoms with Crippen molar-refractivity contribution in [1.82, 2.24) is 25.7 Å². The van der Waals surface area contributed by atoms with Crippen LogP contribution in [0.4, 0.5) is 0 Å². The molecule has 3 aromatic rings. The number of hydrogen-bond acceptors (Lipinski definition) is 6. The Balaban J connectivity index is 0.00000272. The van der Waals surface area contributed by atoms with Crippen molar-refractivity contribution in [3.05, 3.63) is 59.3 Å². The molecule has 1 aromatic carbocycles. The first-order chi connectivity index (χ1) is 14.7. The van der Waals surface area contributed by atoms with E-state index in [1.54, 1.807) is 25.4 Å². The van der Waals surface area contributed by atoms with Gasteiger partial charge in [-0.3, -0.25) is 9.89 Å². The highest BCUT2D eigenvalue weighted by Gasteiger charge is 2.25. The Morgan fingerprint density at radius 3 is 2.65 bits per heavy atom. The van der Waals surface area contributed by atoms with Crippen LogP contribution in [0.15, 0.2) is 56.6 Å². The Hall–Kier alpha value is -2.11. The van der Waals surface area contributed by atoms with Gasteiger partial charge in [-0.1, -0.05) is 16.8 Å². The topological polar surface area (TPSA) is 91.7 Å². The van der Waals surface area contributed by atoms with Gasteiger partial charge in [0, 0.05) is 24.2 Å². The number of rotatable bonds is 7. The van der Waals surface area contributed by atoms with Gasteiger partial charge >= 0.3 is 0 Å². The van der Waals surface area contributed by atoms with Gasteiger partial charge in [-0.2, -0.15) is 4.98 Å². The molecule has 1 unspecified atom stereocenters. The molecule has 10 heteroatoms. The summed E-state index contributed by atoms with van der Waals surface area (Å²) in [5.74, 6) is 2.63. The maximum Gasteiger partial charge on any atom is 0.246 e. The van der Waals surface area contributed by atoms with E-state index < -0.39 is 0 Å². The molecule has 1 atom stereocenters. The zero-order chi connectivity index (χ0) is 20.8. The highest BCUT2D eigenvalue weighted by molar-refractivity contribution is 14.0. The smallest absolute Gasteiger partial charge is 0.246 e. The molecule has 0 aliphatic carbocycles. The first kappa shape index (κ1) is 23.6. The summed E-state index contributed by atoms with van der Waals surface area (Å²) in [7, 11) is 1.74. The fourth-order valence-corrected chi connectivity index (χ4v) is 3.69. The summed E-state index contributed by atoms with van der Waals surface area (Å²) in [5, 5.41) is 11.3. The molecule has 0 amide bonds. The van der Waals surface area contributed by atoms with Crippen LogP contribution in [0.2, 0.25) is 5.02 Å². The van der Waals surface area contributed by atoms with E-state index in [-0.39, 0.29) is 30.0 Å². The number of aromatic nitrogens is 2. The van der Waals surface area contributed by atoms with E-state index in [0.717, 1.165) is 24.4 Å². The van der Waals surface area contributed by atoms with Gasteiger partial charge in [0.1, 0.15) is 5.76 Å². The van der Waals surface area contributed by atoms with Crippen molar-refractivity contribution in [1.29, 1.82) is 0 Å². The standard InChI is InChI=1S/C21H25ClN6O2.HI/c1-23-21(24-13-17(18-5-4-12-29-18)28-10-2-3-11-28)25-14-19-26-20(27-30-19)15-6-8-16(22)9-7-15;/h4-9,12,17H,2-3,10-11,13-14H2,1H3,(H2,23,24,25);1H. The molecule has 0 radical (unpaired) electrons. The number of benzene rings is 1. The fourth-order valence-electron chi connectivity index (χ4n) is 3.56. The number of halogens is 2. The Bertz CT molecular complexity index is 955. The largest absolute Gasteiger partial charge is 0.468 e. The van der Waals surface area contributed by atoms with Crippen LogP contribution in [0.5, 0.6) is 0 Å². The highest BCUT2D eigenvalue weighted by Crippen LogP contribution is 2.25. The summed E-state index contributed by atoms with van der Waals surface area (Å²) in [5.41, 5.74) is 0.851. The average molecular weight is 557 g/mol. The minimum Gasteiger partial charge on any atom is -0.468 e. The van der Waals surface area contributed by atoms with E-state index in [1.807, 2.05) is 24.3 Å². The van der Waals surface area contributed by atoms with Crippen LogP contribution in [0.25, 0.3) is 11.4 Å². The van der Waals surface area contributed by atoms with Crippen LogP contribution in [0, 0.1) is 0 Å². The van der Waals surface area contributed by atoms with Crippen LogP contribution in [0.1, 0.15) is 30.5 Å². The van der Waals surface area contributed by atoms with E-state index in [9.17, 15) is 0 Å². The lowest BCUT2D eigenvalue weighted by molar-refractivity contribution is 0.215. The molecular formula is C21H26ClIN6O2. The predicted octanol–water partition coefficient (Wildman–Crippen LogP) is 4.10. The van der Waals surface area contributed by atoms with Gasteiger partial charge < -0.3 is 19.6 Å². The lowest BCUT2D eigenvalue weighted by Gasteiger charge is -2.26. The zero-order valence-electron chi connectivity index (χ0n) is 17.3. The molecule has 0 saturated carbocycles. The number of aliphatic imine (C=N–C) groups is 1. The van der Waals surface area contributed by atoms with E-state index in [2.05, 4.69) is 30.7 Å². The fraction of sp³-hybridized carbons (Fsp3) is 0.381. The third-order valence-electron chi connectivity index (χ3n) is 5.12. The van der Waals surface area contributed by atoms with Crippen molar-refractivity contribution in [3.8, 4) is 11.4 Å². The van der Waals surface area contributed by atoms with Crippen LogP contribution in [-0.4, -0.2) is 47.7 Å². The maximum atomic E-state index is 5.93. The molecule has 1 aliphatic rings. The number of nitrogens with one attached hydrogen (secondary N) is 2. The molecule has 166 valence electrons. The molecule has 2 aromatic heterocycles. The Morgan fingerprint density at radius 2 is 1.97 bits per heavy atom. The minimum absolute atomic E-state index is 0. The van der Waals surface area contributed by atoms with Crippen LogP contribution >= 0.6 is 35.6 Å². The van der Waals surface area contributed by atoms with Crippen LogP contribution in [-0.2, 0) is 6.54 Å². The average Bonchev–Trinajstić information content (AvgIpc) is 3.54. The van der Waals surface area contributed by atoms with Gasteiger partial charge in [-0.25, -0.2) is 0 Å². The SMILES string of the molecule is CN=C(NCc1nc(-c2ccc(Cl)cc2)no1)NCC(c1ccco1)N1CCCC1.I. The van der Waals surface area contributed by atoms with Gasteiger partial charge in [0.2, 0.25) is 11.7 Å². The molecule has 4 rings (SSSR count). The predicted molar refractivity (Wildman–Crippen MR) is 131 cm³/mol. The molecule has 0 bridgehead atoms. The lowest BCUT2D eigenvalue weighted by atomic mass is 10.2. The summed E-state index contributed by atoms with van der Waals surface area (Å²) in [4.78, 5) is 11.2. The van der Waals surface area contributed by atoms with Crippen LogP contribution < -0.4 is 10.6 Å². The number of hydrogen-bond donors (Lipinski definition) is 2. The van der Waals surface area contributed by atoms with Crippen LogP contribution in [0.3, 0.4) is 0 Å². The normalized spacial score (nSPS) is 15.5. The quantitative estimate of drug-likeness (QED) is 0.257. The number of nitrogens with zero attached hydrogens (tertiary/aromatic N) is 4. The molecule has 2 N–H and O–H groups in total. The van der Waals surface area contributed by atoms with Crippen molar-refractivity contribution >= 4 is 41.5 Å². The summed E-state index contributed by atoms with van der Waals surface area (Å²) in [6.45, 7) is 3.21. The van der Waals surface area contributed by atoms with Crippen molar-refractivity contribution < 1.29 is 8.94 Å². The third-order valence-corrected chi connectivity index (χ3v) is 5.37. The molecule has 1 aliphatic heterocycles. The second-order valence-electron chi connectivity index (χ2n) is 7.10. The van der Waals surface area contributed by atoms with Crippen molar-refractivity contribution in [3.63, 3.8) is 0 Å². The van der Waals surface area contributed by atoms with E-state index in [1.165, 1.54) is 12.8 Å². The van der Waals surface area contributed by atoms with Gasteiger partial charge in [-0.15, -0.1) is 24.0 Å². The number of likely N-dealkylation sites (tertiary alicyclic amines) is 1. The molecule has 0 spiro atoms. The van der Waals surface area contributed by atoms with Crippen molar-refractivity contribution in [2.75, 3.05) is 26.7 Å². The van der Waals surface area contributed by atoms with E-state index in [4.69, 9.17) is 20.5 Å². The Morgan fingerprint density at radius 1 is 1.19 bits per heavy atom. The van der Waals surface area contributed by atoms with E-state index in [0.29, 0.717) is 35.8 Å². The highest BCUT2D eigenvalue weighted by atomic mass is 127. The molecular weight excluding hydrogens is 531 g/mol. The maximum absolute atomic E-state index is 5.93. The second kappa shape index (κ2) is 11.5. The molecule has 3 heterocycles. The Labute approximate surface area is 203 Å². The second-order valence-corrected chi connectivity index (χ2v) is 7.54. The monoisotopic (exact) mass is 556 g/mol. The first-order valence-electron chi connectivity index (χ1n) is 10.0. The summed E-state index contributed by atoms with van der Waals surface area (Å²) in [6, 6.07) is 11.4. The van der Waals surface area contributed by atoms with Gasteiger partial charge in [0.25, 0.3) is 0 Å². The lowest BCUT2D eigenvalue weighted by Crippen LogP contribution is -2.42.